The Morgan fingerprint density at radius 2 is 0.889 bits per heavy atom. The van der Waals surface area contributed by atoms with Crippen molar-refractivity contribution in [1.29, 1.82) is 0 Å². The highest BCUT2D eigenvalue weighted by atomic mass is 31.2. The number of aromatic nitrogens is 3. The van der Waals surface area contributed by atoms with Gasteiger partial charge in [-0.15, -0.1) is 0 Å². The smallest absolute Gasteiger partial charge is 0.171 e. The number of rotatable bonds is 6. The fourth-order valence-corrected chi connectivity index (χ4v) is 10.3. The van der Waals surface area contributed by atoms with E-state index >= 15 is 4.57 Å². The molecule has 0 saturated heterocycles. The van der Waals surface area contributed by atoms with E-state index in [0.29, 0.717) is 5.82 Å². The minimum Gasteiger partial charge on any atom is -0.309 e. The quantitative estimate of drug-likeness (QED) is 0.127. The second-order valence-electron chi connectivity index (χ2n) is 13.5. The van der Waals surface area contributed by atoms with Gasteiger partial charge in [-0.2, -0.15) is 0 Å². The molecule has 2 aromatic heterocycles. The third-order valence-corrected chi connectivity index (χ3v) is 13.4. The summed E-state index contributed by atoms with van der Waals surface area (Å²) >= 11 is 0. The molecule has 10 aromatic rings. The minimum atomic E-state index is -3.11. The molecule has 0 aliphatic heterocycles. The Kier molecular flexibility index (Phi) is 7.71. The first-order valence-electron chi connectivity index (χ1n) is 18.0. The molecule has 4 nitrogen and oxygen atoms in total. The van der Waals surface area contributed by atoms with Gasteiger partial charge in [0.1, 0.15) is 0 Å². The number of para-hydroxylation sites is 1. The monoisotopic (exact) mass is 709 g/mol. The maximum absolute atomic E-state index is 15.0. The molecule has 0 unspecified atom stereocenters. The van der Waals surface area contributed by atoms with Crippen LogP contribution in [-0.4, -0.2) is 15.0 Å². The lowest BCUT2D eigenvalue weighted by Gasteiger charge is -2.20. The third-order valence-electron chi connectivity index (χ3n) is 10.3. The van der Waals surface area contributed by atoms with Gasteiger partial charge in [0, 0.05) is 48.8 Å². The second-order valence-corrected chi connectivity index (χ2v) is 16.3. The molecular formula is C49H32N3OP. The Hall–Kier alpha value is -6.74. The molecule has 2 heterocycles. The van der Waals surface area contributed by atoms with Crippen LogP contribution in [0.25, 0.3) is 77.3 Å². The van der Waals surface area contributed by atoms with Crippen molar-refractivity contribution in [3.05, 3.63) is 194 Å². The van der Waals surface area contributed by atoms with Gasteiger partial charge < -0.3 is 4.57 Å². The number of nitrogens with zero attached hydrogens (tertiary/aromatic N) is 3. The summed E-state index contributed by atoms with van der Waals surface area (Å²) in [6.07, 6.45) is 0. The van der Waals surface area contributed by atoms with Gasteiger partial charge in [0.15, 0.2) is 13.0 Å². The van der Waals surface area contributed by atoms with Crippen LogP contribution in [0.1, 0.15) is 0 Å². The zero-order chi connectivity index (χ0) is 36.1. The third kappa shape index (κ3) is 5.39. The van der Waals surface area contributed by atoms with Crippen LogP contribution in [-0.2, 0) is 4.57 Å². The molecule has 10 rings (SSSR count). The molecule has 254 valence electrons. The Bertz CT molecular complexity index is 3030. The molecule has 0 spiro atoms. The average Bonchev–Trinajstić information content (AvgIpc) is 3.25. The van der Waals surface area contributed by atoms with Crippen molar-refractivity contribution in [2.45, 2.75) is 0 Å². The molecule has 0 radical (unpaired) electrons. The molecule has 0 atom stereocenters. The van der Waals surface area contributed by atoms with E-state index in [-0.39, 0.29) is 0 Å². The second kappa shape index (κ2) is 13.0. The van der Waals surface area contributed by atoms with E-state index in [1.54, 1.807) is 0 Å². The summed E-state index contributed by atoms with van der Waals surface area (Å²) in [5.74, 6) is 0.621. The molecule has 0 aliphatic rings. The van der Waals surface area contributed by atoms with Crippen molar-refractivity contribution in [1.82, 2.24) is 15.0 Å². The highest BCUT2D eigenvalue weighted by Gasteiger charge is 2.29. The first-order chi connectivity index (χ1) is 26.6. The number of hydrogen-bond donors (Lipinski definition) is 0. The standard InChI is InChI=1S/C49H32N3OP/c53-54(38-15-3-1-4-16-38,39-17-5-2-6-18-39)40-28-25-34(26-29-40)47-44-21-11-12-22-45(44)51-49(52-47)37-27-30-42-41-19-9-10-20-43(41)48(50-46(42)32-37)36-24-23-33-13-7-8-14-35(33)31-36/h1-32H. The van der Waals surface area contributed by atoms with Gasteiger partial charge in [-0.1, -0.05) is 176 Å². The Balaban J connectivity index is 1.11. The highest BCUT2D eigenvalue weighted by molar-refractivity contribution is 7.85. The van der Waals surface area contributed by atoms with Crippen molar-refractivity contribution in [2.75, 3.05) is 0 Å². The van der Waals surface area contributed by atoms with Crippen molar-refractivity contribution in [3.63, 3.8) is 0 Å². The van der Waals surface area contributed by atoms with E-state index < -0.39 is 7.14 Å². The van der Waals surface area contributed by atoms with Gasteiger partial charge in [0.2, 0.25) is 0 Å². The van der Waals surface area contributed by atoms with E-state index in [0.717, 1.165) is 76.6 Å². The van der Waals surface area contributed by atoms with Gasteiger partial charge in [-0.25, -0.2) is 15.0 Å². The lowest BCUT2D eigenvalue weighted by atomic mass is 9.97. The van der Waals surface area contributed by atoms with Crippen LogP contribution in [0.3, 0.4) is 0 Å². The lowest BCUT2D eigenvalue weighted by molar-refractivity contribution is 0.592. The van der Waals surface area contributed by atoms with Crippen molar-refractivity contribution in [2.24, 2.45) is 0 Å². The van der Waals surface area contributed by atoms with Crippen LogP contribution in [0, 0.1) is 0 Å². The molecular weight excluding hydrogens is 678 g/mol. The van der Waals surface area contributed by atoms with E-state index in [9.17, 15) is 0 Å². The molecule has 5 heteroatoms. The van der Waals surface area contributed by atoms with Crippen LogP contribution in [0.4, 0.5) is 0 Å². The predicted octanol–water partition coefficient (Wildman–Crippen LogP) is 11.1. The predicted molar refractivity (Wildman–Crippen MR) is 226 cm³/mol. The summed E-state index contributed by atoms with van der Waals surface area (Å²) in [5, 5.41) is 9.07. The molecule has 0 bridgehead atoms. The molecule has 8 aromatic carbocycles. The minimum absolute atomic E-state index is 0.621. The largest absolute Gasteiger partial charge is 0.309 e. The number of benzene rings is 8. The van der Waals surface area contributed by atoms with Gasteiger partial charge in [0.05, 0.1) is 22.4 Å². The van der Waals surface area contributed by atoms with E-state index in [1.165, 1.54) is 10.8 Å². The zero-order valence-electron chi connectivity index (χ0n) is 29.2. The number of fused-ring (bicyclic) bond motifs is 5. The normalized spacial score (nSPS) is 11.8. The van der Waals surface area contributed by atoms with Gasteiger partial charge in [0.25, 0.3) is 0 Å². The Morgan fingerprint density at radius 1 is 0.333 bits per heavy atom. The fraction of sp³-hybridized carbons (Fsp3) is 0. The molecule has 0 amide bonds. The topological polar surface area (TPSA) is 55.7 Å². The summed E-state index contributed by atoms with van der Waals surface area (Å²) < 4.78 is 15.0. The number of hydrogen-bond acceptors (Lipinski definition) is 4. The first kappa shape index (κ1) is 32.0. The summed E-state index contributed by atoms with van der Waals surface area (Å²) in [6.45, 7) is 0. The average molecular weight is 710 g/mol. The van der Waals surface area contributed by atoms with Crippen molar-refractivity contribution >= 4 is 66.4 Å². The van der Waals surface area contributed by atoms with Gasteiger partial charge >= 0.3 is 0 Å². The maximum Gasteiger partial charge on any atom is 0.171 e. The lowest BCUT2D eigenvalue weighted by Crippen LogP contribution is -2.24. The van der Waals surface area contributed by atoms with Crippen LogP contribution < -0.4 is 15.9 Å². The summed E-state index contributed by atoms with van der Waals surface area (Å²) in [5.41, 5.74) is 6.39. The fourth-order valence-electron chi connectivity index (χ4n) is 7.63. The van der Waals surface area contributed by atoms with E-state index in [2.05, 4.69) is 91.0 Å². The van der Waals surface area contributed by atoms with Gasteiger partial charge in [-0.3, -0.25) is 0 Å². The summed E-state index contributed by atoms with van der Waals surface area (Å²) in [4.78, 5) is 15.6. The van der Waals surface area contributed by atoms with Crippen LogP contribution in [0.15, 0.2) is 194 Å². The SMILES string of the molecule is O=P(c1ccccc1)(c1ccccc1)c1ccc(-c2nc(-c3ccc4c(c3)nc(-c3ccc5ccccc5c3)c3ccccc34)nc3ccccc23)cc1. The van der Waals surface area contributed by atoms with E-state index in [1.807, 2.05) is 103 Å². The number of pyridine rings is 1. The van der Waals surface area contributed by atoms with Crippen molar-refractivity contribution in [3.8, 4) is 33.9 Å². The van der Waals surface area contributed by atoms with E-state index in [4.69, 9.17) is 15.0 Å². The maximum atomic E-state index is 15.0. The Labute approximate surface area is 312 Å². The summed E-state index contributed by atoms with van der Waals surface area (Å²) in [6, 6.07) is 65.5. The molecule has 0 saturated carbocycles. The first-order valence-corrected chi connectivity index (χ1v) is 19.8. The molecule has 0 N–H and O–H groups in total. The summed E-state index contributed by atoms with van der Waals surface area (Å²) in [7, 11) is -3.11. The van der Waals surface area contributed by atoms with Crippen LogP contribution in [0.2, 0.25) is 0 Å². The van der Waals surface area contributed by atoms with Crippen molar-refractivity contribution < 1.29 is 4.57 Å². The van der Waals surface area contributed by atoms with Crippen LogP contribution >= 0.6 is 7.14 Å². The Morgan fingerprint density at radius 3 is 1.63 bits per heavy atom. The van der Waals surface area contributed by atoms with Gasteiger partial charge in [-0.05, 0) is 34.4 Å². The highest BCUT2D eigenvalue weighted by Crippen LogP contribution is 2.43. The molecule has 0 aliphatic carbocycles. The van der Waals surface area contributed by atoms with Crippen LogP contribution in [0.5, 0.6) is 0 Å². The molecule has 54 heavy (non-hydrogen) atoms. The zero-order valence-corrected chi connectivity index (χ0v) is 30.1. The molecule has 0 fully saturated rings.